The molecule has 2 aromatic rings. The van der Waals surface area contributed by atoms with Crippen molar-refractivity contribution in [3.8, 4) is 17.2 Å². The minimum absolute atomic E-state index is 0.550. The zero-order chi connectivity index (χ0) is 20.7. The van der Waals surface area contributed by atoms with Crippen LogP contribution in [0.4, 0.5) is 5.69 Å². The fraction of sp³-hybridized carbons (Fsp3) is 0.500. The number of rotatable bonds is 8. The van der Waals surface area contributed by atoms with Crippen LogP contribution in [-0.4, -0.2) is 44.1 Å². The molecule has 0 atom stereocenters. The summed E-state index contributed by atoms with van der Waals surface area (Å²) < 4.78 is 18.2. The number of guanidine groups is 1. The van der Waals surface area contributed by atoms with E-state index in [0.717, 1.165) is 24.2 Å². The lowest BCUT2D eigenvalue weighted by molar-refractivity contribution is 0.324. The van der Waals surface area contributed by atoms with E-state index in [1.54, 1.807) is 28.4 Å². The molecule has 0 bridgehead atoms. The van der Waals surface area contributed by atoms with Crippen LogP contribution in [0.1, 0.15) is 30.8 Å². The Morgan fingerprint density at radius 2 is 1.71 bits per heavy atom. The van der Waals surface area contributed by atoms with Crippen molar-refractivity contribution >= 4 is 11.6 Å². The van der Waals surface area contributed by atoms with Crippen molar-refractivity contribution in [2.75, 3.05) is 33.7 Å². The van der Waals surface area contributed by atoms with E-state index in [0.29, 0.717) is 29.8 Å². The second-order valence-electron chi connectivity index (χ2n) is 6.17. The van der Waals surface area contributed by atoms with E-state index in [9.17, 15) is 0 Å². The molecule has 0 radical (unpaired) electrons. The second kappa shape index (κ2) is 9.87. The summed E-state index contributed by atoms with van der Waals surface area (Å²) in [5, 5.41) is 11.3. The van der Waals surface area contributed by atoms with Gasteiger partial charge in [-0.2, -0.15) is 5.10 Å². The molecule has 0 aliphatic heterocycles. The first kappa shape index (κ1) is 21.4. The zero-order valence-corrected chi connectivity index (χ0v) is 17.8. The van der Waals surface area contributed by atoms with Crippen LogP contribution in [0.3, 0.4) is 0 Å². The lowest BCUT2D eigenvalue weighted by atomic mass is 10.1. The van der Waals surface area contributed by atoms with Gasteiger partial charge < -0.3 is 24.8 Å². The quantitative estimate of drug-likeness (QED) is 0.534. The second-order valence-corrected chi connectivity index (χ2v) is 6.17. The van der Waals surface area contributed by atoms with Crippen molar-refractivity contribution in [1.82, 2.24) is 15.1 Å². The number of nitrogens with one attached hydrogen (secondary N) is 2. The fourth-order valence-corrected chi connectivity index (χ4v) is 3.24. The number of hydrogen-bond acceptors (Lipinski definition) is 5. The van der Waals surface area contributed by atoms with E-state index in [1.165, 1.54) is 11.3 Å². The summed E-state index contributed by atoms with van der Waals surface area (Å²) in [5.74, 6) is 2.35. The van der Waals surface area contributed by atoms with Gasteiger partial charge in [-0.3, -0.25) is 9.67 Å². The molecule has 0 amide bonds. The molecule has 0 aliphatic carbocycles. The van der Waals surface area contributed by atoms with Gasteiger partial charge in [-0.15, -0.1) is 0 Å². The highest BCUT2D eigenvalue weighted by Gasteiger charge is 2.16. The fourth-order valence-electron chi connectivity index (χ4n) is 3.24. The van der Waals surface area contributed by atoms with Crippen LogP contribution in [0.25, 0.3) is 0 Å². The Labute approximate surface area is 166 Å². The Morgan fingerprint density at radius 1 is 1.07 bits per heavy atom. The van der Waals surface area contributed by atoms with Gasteiger partial charge in [0.15, 0.2) is 17.5 Å². The molecule has 0 aliphatic rings. The molecule has 28 heavy (non-hydrogen) atoms. The van der Waals surface area contributed by atoms with Gasteiger partial charge in [0.05, 0.1) is 27.0 Å². The summed E-state index contributed by atoms with van der Waals surface area (Å²) in [4.78, 5) is 4.32. The SMILES string of the molecule is CCc1nn(C)c(CC)c1CNC(=NC)Nc1cc(OC)c(OC)c(OC)c1. The van der Waals surface area contributed by atoms with Gasteiger partial charge in [-0.25, -0.2) is 0 Å². The average Bonchev–Trinajstić information content (AvgIpc) is 3.04. The molecule has 0 saturated heterocycles. The molecule has 2 N–H and O–H groups in total. The summed E-state index contributed by atoms with van der Waals surface area (Å²) in [5.41, 5.74) is 4.34. The molecule has 1 aromatic heterocycles. The predicted molar refractivity (Wildman–Crippen MR) is 112 cm³/mol. The van der Waals surface area contributed by atoms with E-state index in [4.69, 9.17) is 14.2 Å². The van der Waals surface area contributed by atoms with Crippen molar-refractivity contribution in [3.05, 3.63) is 29.1 Å². The Balaban J connectivity index is 2.20. The number of ether oxygens (including phenoxy) is 3. The van der Waals surface area contributed by atoms with E-state index in [1.807, 2.05) is 23.9 Å². The standard InChI is InChI=1S/C20H31N5O3/c1-8-15-14(16(9-2)25(4)24-15)12-22-20(21-3)23-13-10-17(26-5)19(28-7)18(11-13)27-6/h10-11H,8-9,12H2,1-7H3,(H2,21,22,23). The number of anilines is 1. The minimum Gasteiger partial charge on any atom is -0.493 e. The molecule has 1 aromatic carbocycles. The topological polar surface area (TPSA) is 81.9 Å². The van der Waals surface area contributed by atoms with E-state index >= 15 is 0 Å². The average molecular weight is 390 g/mol. The summed E-state index contributed by atoms with van der Waals surface area (Å²) >= 11 is 0. The Bertz CT molecular complexity index is 804. The van der Waals surface area contributed by atoms with Gasteiger partial charge in [-0.1, -0.05) is 13.8 Å². The van der Waals surface area contributed by atoms with Crippen molar-refractivity contribution in [1.29, 1.82) is 0 Å². The van der Waals surface area contributed by atoms with Gasteiger partial charge in [-0.05, 0) is 12.8 Å². The normalized spacial score (nSPS) is 11.3. The first-order chi connectivity index (χ1) is 13.5. The Morgan fingerprint density at radius 3 is 2.18 bits per heavy atom. The van der Waals surface area contributed by atoms with Crippen molar-refractivity contribution in [2.24, 2.45) is 12.0 Å². The molecule has 0 saturated carbocycles. The maximum absolute atomic E-state index is 5.41. The lowest BCUT2D eigenvalue weighted by Crippen LogP contribution is -2.30. The van der Waals surface area contributed by atoms with E-state index in [-0.39, 0.29) is 0 Å². The minimum atomic E-state index is 0.550. The van der Waals surface area contributed by atoms with Crippen molar-refractivity contribution < 1.29 is 14.2 Å². The number of aryl methyl sites for hydroxylation is 2. The van der Waals surface area contributed by atoms with Crippen LogP contribution in [0.5, 0.6) is 17.2 Å². The third kappa shape index (κ3) is 4.49. The summed E-state index contributed by atoms with van der Waals surface area (Å²) in [6.45, 7) is 4.90. The third-order valence-electron chi connectivity index (χ3n) is 4.61. The molecule has 8 nitrogen and oxygen atoms in total. The van der Waals surface area contributed by atoms with Crippen LogP contribution in [0.15, 0.2) is 17.1 Å². The van der Waals surface area contributed by atoms with E-state index < -0.39 is 0 Å². The maximum atomic E-state index is 5.41. The first-order valence-electron chi connectivity index (χ1n) is 9.34. The highest BCUT2D eigenvalue weighted by Crippen LogP contribution is 2.39. The number of benzene rings is 1. The molecule has 0 fully saturated rings. The van der Waals surface area contributed by atoms with Gasteiger partial charge in [0, 0.05) is 49.7 Å². The van der Waals surface area contributed by atoms with Gasteiger partial charge in [0.25, 0.3) is 0 Å². The smallest absolute Gasteiger partial charge is 0.203 e. The van der Waals surface area contributed by atoms with Crippen LogP contribution < -0.4 is 24.8 Å². The summed E-state index contributed by atoms with van der Waals surface area (Å²) in [6, 6.07) is 3.68. The molecule has 0 unspecified atom stereocenters. The summed E-state index contributed by atoms with van der Waals surface area (Å²) in [7, 11) is 8.49. The third-order valence-corrected chi connectivity index (χ3v) is 4.61. The predicted octanol–water partition coefficient (Wildman–Crippen LogP) is 2.76. The Hall–Kier alpha value is -2.90. The molecule has 0 spiro atoms. The monoisotopic (exact) mass is 389 g/mol. The highest BCUT2D eigenvalue weighted by molar-refractivity contribution is 5.94. The Kier molecular flexibility index (Phi) is 7.54. The van der Waals surface area contributed by atoms with Crippen molar-refractivity contribution in [3.63, 3.8) is 0 Å². The van der Waals surface area contributed by atoms with Gasteiger partial charge >= 0.3 is 0 Å². The molecule has 2 rings (SSSR count). The van der Waals surface area contributed by atoms with Gasteiger partial charge in [0.2, 0.25) is 5.75 Å². The maximum Gasteiger partial charge on any atom is 0.203 e. The van der Waals surface area contributed by atoms with Crippen LogP contribution >= 0.6 is 0 Å². The zero-order valence-electron chi connectivity index (χ0n) is 17.8. The number of hydrogen-bond donors (Lipinski definition) is 2. The molecule has 1 heterocycles. The number of methoxy groups -OCH3 is 3. The van der Waals surface area contributed by atoms with Gasteiger partial charge in [0.1, 0.15) is 0 Å². The first-order valence-corrected chi connectivity index (χ1v) is 9.34. The van der Waals surface area contributed by atoms with Crippen LogP contribution in [-0.2, 0) is 26.4 Å². The van der Waals surface area contributed by atoms with Crippen LogP contribution in [0, 0.1) is 0 Å². The van der Waals surface area contributed by atoms with Crippen LogP contribution in [0.2, 0.25) is 0 Å². The van der Waals surface area contributed by atoms with Crippen molar-refractivity contribution in [2.45, 2.75) is 33.2 Å². The molecular formula is C20H31N5O3. The molecule has 154 valence electrons. The van der Waals surface area contributed by atoms with E-state index in [2.05, 4.69) is 34.6 Å². The number of nitrogens with zero attached hydrogens (tertiary/aromatic N) is 3. The number of aliphatic imine (C=N–C) groups is 1. The number of aromatic nitrogens is 2. The highest BCUT2D eigenvalue weighted by atomic mass is 16.5. The largest absolute Gasteiger partial charge is 0.493 e. The summed E-state index contributed by atoms with van der Waals surface area (Å²) in [6.07, 6.45) is 1.82. The molecular weight excluding hydrogens is 358 g/mol. The lowest BCUT2D eigenvalue weighted by Gasteiger charge is -2.17. The molecule has 8 heteroatoms.